The minimum absolute atomic E-state index is 0.0980. The zero-order valence-corrected chi connectivity index (χ0v) is 13.5. The zero-order valence-electron chi connectivity index (χ0n) is 13.5. The molecular weight excluding hydrogens is 278 g/mol. The number of amides is 1. The molecule has 2 fully saturated rings. The lowest BCUT2D eigenvalue weighted by atomic mass is 9.72. The Hall–Kier alpha value is -1.62. The van der Waals surface area contributed by atoms with Crippen molar-refractivity contribution in [3.05, 3.63) is 34.2 Å². The van der Waals surface area contributed by atoms with Gasteiger partial charge < -0.3 is 14.4 Å². The summed E-state index contributed by atoms with van der Waals surface area (Å²) in [6.45, 7) is 3.79. The Bertz CT molecular complexity index is 615. The number of aryl methyl sites for hydroxylation is 1. The maximum absolute atomic E-state index is 12.8. The van der Waals surface area contributed by atoms with Crippen LogP contribution in [0.1, 0.15) is 36.0 Å². The topological polar surface area (TPSA) is 45.5 Å². The van der Waals surface area contributed by atoms with Crippen molar-refractivity contribution in [3.8, 4) is 0 Å². The average molecular weight is 303 g/mol. The number of likely N-dealkylation sites (tertiary alicyclic amines) is 2. The molecule has 2 saturated heterocycles. The van der Waals surface area contributed by atoms with E-state index in [0.29, 0.717) is 5.56 Å². The molecule has 120 valence electrons. The van der Waals surface area contributed by atoms with Gasteiger partial charge >= 0.3 is 0 Å². The van der Waals surface area contributed by atoms with Crippen molar-refractivity contribution >= 4 is 5.91 Å². The van der Waals surface area contributed by atoms with Gasteiger partial charge in [-0.2, -0.15) is 0 Å². The third-order valence-electron chi connectivity index (χ3n) is 5.35. The van der Waals surface area contributed by atoms with Crippen LogP contribution in [0.25, 0.3) is 0 Å². The van der Waals surface area contributed by atoms with E-state index in [1.807, 2.05) is 4.90 Å². The molecule has 1 aromatic rings. The predicted molar refractivity (Wildman–Crippen MR) is 86.0 cm³/mol. The van der Waals surface area contributed by atoms with Gasteiger partial charge in [0.05, 0.1) is 0 Å². The molecule has 3 heterocycles. The smallest absolute Gasteiger partial charge is 0.263 e. The number of nitrogens with zero attached hydrogens (tertiary/aromatic N) is 3. The summed E-state index contributed by atoms with van der Waals surface area (Å²) in [7, 11) is 3.85. The molecule has 0 N–H and O–H groups in total. The van der Waals surface area contributed by atoms with Crippen LogP contribution in [0.4, 0.5) is 0 Å². The molecule has 3 rings (SSSR count). The monoisotopic (exact) mass is 303 g/mol. The van der Waals surface area contributed by atoms with E-state index >= 15 is 0 Å². The Kier molecular flexibility index (Phi) is 4.08. The number of carbonyl (C=O) groups excluding carboxylic acids is 1. The van der Waals surface area contributed by atoms with Gasteiger partial charge in [0.15, 0.2) is 0 Å². The van der Waals surface area contributed by atoms with E-state index in [9.17, 15) is 9.59 Å². The minimum atomic E-state index is -0.199. The van der Waals surface area contributed by atoms with Crippen LogP contribution in [-0.2, 0) is 7.05 Å². The fraction of sp³-hybridized carbons (Fsp3) is 0.647. The predicted octanol–water partition coefficient (Wildman–Crippen LogP) is 1.33. The molecule has 0 unspecified atom stereocenters. The van der Waals surface area contributed by atoms with E-state index in [-0.39, 0.29) is 16.9 Å². The largest absolute Gasteiger partial charge is 0.338 e. The number of carbonyl (C=O) groups is 1. The molecule has 0 saturated carbocycles. The van der Waals surface area contributed by atoms with Gasteiger partial charge in [0, 0.05) is 26.3 Å². The molecule has 2 aliphatic heterocycles. The molecule has 1 amide bonds. The maximum atomic E-state index is 12.8. The van der Waals surface area contributed by atoms with Crippen molar-refractivity contribution < 1.29 is 4.79 Å². The van der Waals surface area contributed by atoms with E-state index in [1.165, 1.54) is 11.0 Å². The van der Waals surface area contributed by atoms with Gasteiger partial charge in [-0.25, -0.2) is 0 Å². The summed E-state index contributed by atoms with van der Waals surface area (Å²) < 4.78 is 1.47. The summed E-state index contributed by atoms with van der Waals surface area (Å²) >= 11 is 0. The third-order valence-corrected chi connectivity index (χ3v) is 5.35. The van der Waals surface area contributed by atoms with Gasteiger partial charge in [0.1, 0.15) is 5.56 Å². The first-order valence-electron chi connectivity index (χ1n) is 8.14. The summed E-state index contributed by atoms with van der Waals surface area (Å²) in [4.78, 5) is 29.2. The van der Waals surface area contributed by atoms with Gasteiger partial charge in [0.25, 0.3) is 11.5 Å². The molecule has 2 aliphatic rings. The van der Waals surface area contributed by atoms with Crippen LogP contribution in [0.2, 0.25) is 0 Å². The molecule has 0 bridgehead atoms. The molecule has 0 radical (unpaired) electrons. The number of rotatable bonds is 1. The van der Waals surface area contributed by atoms with Crippen molar-refractivity contribution in [2.45, 2.75) is 25.7 Å². The zero-order chi connectivity index (χ0) is 15.7. The fourth-order valence-corrected chi connectivity index (χ4v) is 3.81. The lowest BCUT2D eigenvalue weighted by molar-refractivity contribution is 0.0260. The van der Waals surface area contributed by atoms with E-state index in [0.717, 1.165) is 45.4 Å². The van der Waals surface area contributed by atoms with Crippen LogP contribution >= 0.6 is 0 Å². The molecule has 1 spiro atoms. The third kappa shape index (κ3) is 2.82. The van der Waals surface area contributed by atoms with E-state index in [2.05, 4.69) is 11.9 Å². The molecule has 0 aromatic carbocycles. The molecule has 5 heteroatoms. The lowest BCUT2D eigenvalue weighted by Crippen LogP contribution is -2.51. The Morgan fingerprint density at radius 2 is 1.86 bits per heavy atom. The molecular formula is C17H25N3O2. The van der Waals surface area contributed by atoms with Gasteiger partial charge in [-0.05, 0) is 63.4 Å². The van der Waals surface area contributed by atoms with Gasteiger partial charge in [-0.3, -0.25) is 9.59 Å². The molecule has 0 aliphatic carbocycles. The van der Waals surface area contributed by atoms with E-state index in [4.69, 9.17) is 0 Å². The normalized spacial score (nSPS) is 22.0. The van der Waals surface area contributed by atoms with Gasteiger partial charge in [0.2, 0.25) is 0 Å². The Labute approximate surface area is 131 Å². The molecule has 5 nitrogen and oxygen atoms in total. The van der Waals surface area contributed by atoms with E-state index < -0.39 is 0 Å². The Balaban J connectivity index is 1.78. The van der Waals surface area contributed by atoms with Gasteiger partial charge in [-0.1, -0.05) is 0 Å². The number of hydrogen-bond donors (Lipinski definition) is 0. The second-order valence-corrected chi connectivity index (χ2v) is 6.97. The van der Waals surface area contributed by atoms with Crippen LogP contribution in [-0.4, -0.2) is 53.5 Å². The van der Waals surface area contributed by atoms with Crippen LogP contribution < -0.4 is 5.56 Å². The first kappa shape index (κ1) is 15.3. The van der Waals surface area contributed by atoms with Crippen LogP contribution in [0.5, 0.6) is 0 Å². The number of pyridine rings is 1. The molecule has 1 aromatic heterocycles. The number of hydrogen-bond acceptors (Lipinski definition) is 3. The quantitative estimate of drug-likeness (QED) is 0.786. The summed E-state index contributed by atoms with van der Waals surface area (Å²) in [5.41, 5.74) is 0.367. The van der Waals surface area contributed by atoms with Crippen LogP contribution in [0.15, 0.2) is 23.1 Å². The van der Waals surface area contributed by atoms with E-state index in [1.54, 1.807) is 25.4 Å². The van der Waals surface area contributed by atoms with Crippen molar-refractivity contribution in [3.63, 3.8) is 0 Å². The second kappa shape index (κ2) is 5.88. The average Bonchev–Trinajstić information content (AvgIpc) is 2.53. The molecule has 0 atom stereocenters. The van der Waals surface area contributed by atoms with Crippen molar-refractivity contribution in [1.29, 1.82) is 0 Å². The minimum Gasteiger partial charge on any atom is -0.338 e. The van der Waals surface area contributed by atoms with Crippen molar-refractivity contribution in [2.24, 2.45) is 12.5 Å². The SMILES string of the molecule is CN1CCC2(CCCN(C(=O)c3cccn(C)c3=O)C2)CC1. The van der Waals surface area contributed by atoms with Crippen molar-refractivity contribution in [2.75, 3.05) is 33.2 Å². The molecule has 22 heavy (non-hydrogen) atoms. The Morgan fingerprint density at radius 1 is 1.14 bits per heavy atom. The highest BCUT2D eigenvalue weighted by Crippen LogP contribution is 2.39. The number of aromatic nitrogens is 1. The lowest BCUT2D eigenvalue weighted by Gasteiger charge is -2.47. The van der Waals surface area contributed by atoms with Crippen LogP contribution in [0.3, 0.4) is 0 Å². The first-order valence-corrected chi connectivity index (χ1v) is 8.14. The summed E-state index contributed by atoms with van der Waals surface area (Å²) in [5, 5.41) is 0. The van der Waals surface area contributed by atoms with Crippen molar-refractivity contribution in [1.82, 2.24) is 14.4 Å². The summed E-state index contributed by atoms with van der Waals surface area (Å²) in [6.07, 6.45) is 6.24. The summed E-state index contributed by atoms with van der Waals surface area (Å²) in [5.74, 6) is -0.0980. The summed E-state index contributed by atoms with van der Waals surface area (Å²) in [6, 6.07) is 3.42. The van der Waals surface area contributed by atoms with Gasteiger partial charge in [-0.15, -0.1) is 0 Å². The highest BCUT2D eigenvalue weighted by Gasteiger charge is 2.39. The Morgan fingerprint density at radius 3 is 2.59 bits per heavy atom. The maximum Gasteiger partial charge on any atom is 0.263 e. The fourth-order valence-electron chi connectivity index (χ4n) is 3.81. The second-order valence-electron chi connectivity index (χ2n) is 6.97. The highest BCUT2D eigenvalue weighted by molar-refractivity contribution is 5.93. The standard InChI is InChI=1S/C17H25N3O2/c1-18-11-7-17(8-12-18)6-4-10-20(13-17)16(22)14-5-3-9-19(2)15(14)21/h3,5,9H,4,6-8,10-13H2,1-2H3. The number of piperidine rings is 2. The van der Waals surface area contributed by atoms with Crippen LogP contribution in [0, 0.1) is 5.41 Å². The highest BCUT2D eigenvalue weighted by atomic mass is 16.2. The first-order chi connectivity index (χ1) is 10.5.